The van der Waals surface area contributed by atoms with E-state index in [-0.39, 0.29) is 23.9 Å². The minimum absolute atomic E-state index is 0.113. The van der Waals surface area contributed by atoms with Crippen molar-refractivity contribution in [3.63, 3.8) is 0 Å². The highest BCUT2D eigenvalue weighted by Gasteiger charge is 2.60. The number of carbonyl (C=O) groups excluding carboxylic acids is 3. The summed E-state index contributed by atoms with van der Waals surface area (Å²) < 4.78 is 19.1. The fraction of sp³-hybridized carbons (Fsp3) is 0.242. The van der Waals surface area contributed by atoms with Crippen LogP contribution in [0.15, 0.2) is 102 Å². The topological polar surface area (TPSA) is 70.2 Å². The molecule has 7 nitrogen and oxygen atoms in total. The van der Waals surface area contributed by atoms with Gasteiger partial charge in [-0.1, -0.05) is 54.6 Å². The van der Waals surface area contributed by atoms with Crippen LogP contribution in [0.25, 0.3) is 0 Å². The quantitative estimate of drug-likeness (QED) is 0.436. The number of amides is 3. The van der Waals surface area contributed by atoms with Crippen LogP contribution < -0.4 is 0 Å². The van der Waals surface area contributed by atoms with Gasteiger partial charge in [0.15, 0.2) is 5.66 Å². The van der Waals surface area contributed by atoms with Crippen molar-refractivity contribution in [1.82, 2.24) is 14.7 Å². The molecule has 2 atom stereocenters. The SMILES string of the molecule is O=C1OC[C@H](Cc2ccccc2)N1C1=CC=C(C23c4ccccc4C(=O)N2CCN3C(=O)c2ccc(F)cc2)CC1. The Hall–Kier alpha value is -4.72. The summed E-state index contributed by atoms with van der Waals surface area (Å²) >= 11 is 0. The first-order valence-electron chi connectivity index (χ1n) is 13.9. The van der Waals surface area contributed by atoms with Crippen molar-refractivity contribution in [1.29, 1.82) is 0 Å². The summed E-state index contributed by atoms with van der Waals surface area (Å²) in [6.45, 7) is 1.05. The molecule has 206 valence electrons. The Morgan fingerprint density at radius 2 is 1.66 bits per heavy atom. The van der Waals surface area contributed by atoms with Crippen LogP contribution in [0.2, 0.25) is 0 Å². The minimum Gasteiger partial charge on any atom is -0.447 e. The minimum atomic E-state index is -1.09. The molecule has 0 radical (unpaired) electrons. The van der Waals surface area contributed by atoms with Crippen molar-refractivity contribution in [2.24, 2.45) is 0 Å². The summed E-state index contributed by atoms with van der Waals surface area (Å²) in [5.74, 6) is -0.796. The number of rotatable bonds is 5. The molecule has 4 aliphatic rings. The summed E-state index contributed by atoms with van der Waals surface area (Å²) in [5, 5.41) is 0. The second-order valence-electron chi connectivity index (χ2n) is 10.8. The Balaban J connectivity index is 1.28. The van der Waals surface area contributed by atoms with E-state index in [9.17, 15) is 18.8 Å². The first-order chi connectivity index (χ1) is 20.0. The van der Waals surface area contributed by atoms with E-state index in [0.717, 1.165) is 22.4 Å². The molecule has 0 saturated carbocycles. The number of benzene rings is 3. The third-order valence-corrected chi connectivity index (χ3v) is 8.60. The molecule has 3 amide bonds. The molecule has 3 heterocycles. The molecule has 41 heavy (non-hydrogen) atoms. The first-order valence-corrected chi connectivity index (χ1v) is 13.9. The predicted octanol–water partition coefficient (Wildman–Crippen LogP) is 5.26. The van der Waals surface area contributed by atoms with E-state index in [1.54, 1.807) is 20.8 Å². The van der Waals surface area contributed by atoms with Crippen LogP contribution in [-0.2, 0) is 16.8 Å². The second-order valence-corrected chi connectivity index (χ2v) is 10.8. The maximum atomic E-state index is 14.0. The lowest BCUT2D eigenvalue weighted by Gasteiger charge is -2.43. The van der Waals surface area contributed by atoms with Gasteiger partial charge >= 0.3 is 6.09 Å². The number of carbonyl (C=O) groups is 3. The van der Waals surface area contributed by atoms with E-state index in [1.165, 1.54) is 24.3 Å². The van der Waals surface area contributed by atoms with Crippen molar-refractivity contribution in [2.45, 2.75) is 31.0 Å². The Bertz CT molecular complexity index is 1620. The maximum Gasteiger partial charge on any atom is 0.414 e. The Kier molecular flexibility index (Phi) is 5.99. The van der Waals surface area contributed by atoms with E-state index in [4.69, 9.17) is 4.74 Å². The highest BCUT2D eigenvalue weighted by Crippen LogP contribution is 2.52. The molecular weight excluding hydrogens is 521 g/mol. The zero-order chi connectivity index (χ0) is 28.1. The number of hydrogen-bond donors (Lipinski definition) is 0. The van der Waals surface area contributed by atoms with Crippen molar-refractivity contribution < 1.29 is 23.5 Å². The molecule has 3 aromatic rings. The fourth-order valence-corrected chi connectivity index (χ4v) is 6.81. The summed E-state index contributed by atoms with van der Waals surface area (Å²) in [6, 6.07) is 22.9. The van der Waals surface area contributed by atoms with Crippen molar-refractivity contribution >= 4 is 17.9 Å². The second kappa shape index (κ2) is 9.73. The van der Waals surface area contributed by atoms with Gasteiger partial charge in [0.2, 0.25) is 0 Å². The number of cyclic esters (lactones) is 1. The largest absolute Gasteiger partial charge is 0.447 e. The Morgan fingerprint density at radius 3 is 2.41 bits per heavy atom. The fourth-order valence-electron chi connectivity index (χ4n) is 6.81. The van der Waals surface area contributed by atoms with Gasteiger partial charge in [-0.15, -0.1) is 0 Å². The lowest BCUT2D eigenvalue weighted by atomic mass is 9.84. The molecule has 1 unspecified atom stereocenters. The van der Waals surface area contributed by atoms with Gasteiger partial charge in [-0.2, -0.15) is 0 Å². The summed E-state index contributed by atoms with van der Waals surface area (Å²) in [4.78, 5) is 45.7. The number of fused-ring (bicyclic) bond motifs is 3. The number of hydrogen-bond acceptors (Lipinski definition) is 4. The molecule has 0 bridgehead atoms. The van der Waals surface area contributed by atoms with E-state index in [2.05, 4.69) is 0 Å². The maximum absolute atomic E-state index is 14.0. The normalized spacial score (nSPS) is 23.2. The first kappa shape index (κ1) is 25.3. The van der Waals surface area contributed by atoms with Gasteiger partial charge in [-0.3, -0.25) is 14.5 Å². The van der Waals surface area contributed by atoms with E-state index in [1.807, 2.05) is 60.7 Å². The van der Waals surface area contributed by atoms with Gasteiger partial charge in [-0.25, -0.2) is 9.18 Å². The molecule has 3 aliphatic heterocycles. The zero-order valence-corrected chi connectivity index (χ0v) is 22.3. The van der Waals surface area contributed by atoms with Gasteiger partial charge in [0.1, 0.15) is 12.4 Å². The monoisotopic (exact) mass is 549 g/mol. The number of halogens is 1. The summed E-state index contributed by atoms with van der Waals surface area (Å²) in [7, 11) is 0. The van der Waals surface area contributed by atoms with Crippen LogP contribution >= 0.6 is 0 Å². The van der Waals surface area contributed by atoms with Crippen LogP contribution in [0.4, 0.5) is 9.18 Å². The number of allylic oxidation sites excluding steroid dienone is 3. The van der Waals surface area contributed by atoms with Crippen LogP contribution in [0, 0.1) is 5.82 Å². The lowest BCUT2D eigenvalue weighted by molar-refractivity contribution is 0.0347. The van der Waals surface area contributed by atoms with Gasteiger partial charge < -0.3 is 14.5 Å². The van der Waals surface area contributed by atoms with E-state index >= 15 is 0 Å². The van der Waals surface area contributed by atoms with Crippen LogP contribution in [-0.4, -0.2) is 58.3 Å². The van der Waals surface area contributed by atoms with Crippen LogP contribution in [0.3, 0.4) is 0 Å². The molecular formula is C33H28FN3O4. The average Bonchev–Trinajstić information content (AvgIpc) is 3.65. The molecule has 0 N–H and O–H groups in total. The summed E-state index contributed by atoms with van der Waals surface area (Å²) in [5.41, 5.74) is 3.50. The van der Waals surface area contributed by atoms with E-state index in [0.29, 0.717) is 50.1 Å². The summed E-state index contributed by atoms with van der Waals surface area (Å²) in [6.07, 6.45) is 5.31. The zero-order valence-electron chi connectivity index (χ0n) is 22.3. The number of ether oxygens (including phenoxy) is 1. The smallest absolute Gasteiger partial charge is 0.414 e. The van der Waals surface area contributed by atoms with Crippen LogP contribution in [0.5, 0.6) is 0 Å². The molecule has 2 saturated heterocycles. The van der Waals surface area contributed by atoms with Gasteiger partial charge in [0.05, 0.1) is 6.04 Å². The predicted molar refractivity (Wildman–Crippen MR) is 149 cm³/mol. The van der Waals surface area contributed by atoms with Gasteiger partial charge in [0.25, 0.3) is 11.8 Å². The molecule has 7 rings (SSSR count). The van der Waals surface area contributed by atoms with Gasteiger partial charge in [-0.05, 0) is 66.8 Å². The van der Waals surface area contributed by atoms with Gasteiger partial charge in [0, 0.05) is 35.5 Å². The van der Waals surface area contributed by atoms with Crippen molar-refractivity contribution in [3.05, 3.63) is 130 Å². The molecule has 3 aromatic carbocycles. The lowest BCUT2D eigenvalue weighted by Crippen LogP contribution is -2.52. The Morgan fingerprint density at radius 1 is 0.902 bits per heavy atom. The third-order valence-electron chi connectivity index (χ3n) is 8.60. The third kappa shape index (κ3) is 3.89. The van der Waals surface area contributed by atoms with E-state index < -0.39 is 11.5 Å². The Labute approximate surface area is 237 Å². The molecule has 2 fully saturated rings. The molecule has 8 heteroatoms. The molecule has 0 spiro atoms. The van der Waals surface area contributed by atoms with Crippen molar-refractivity contribution in [2.75, 3.05) is 19.7 Å². The highest BCUT2D eigenvalue weighted by molar-refractivity contribution is 6.03. The molecule has 1 aliphatic carbocycles. The highest BCUT2D eigenvalue weighted by atomic mass is 19.1. The average molecular weight is 550 g/mol. The number of nitrogens with zero attached hydrogens (tertiary/aromatic N) is 3. The molecule has 0 aromatic heterocycles. The van der Waals surface area contributed by atoms with Crippen LogP contribution in [0.1, 0.15) is 44.7 Å². The standard InChI is InChI=1S/C33H28FN3O4/c34-25-14-10-23(11-15-25)30(38)35-18-19-36-31(39)28-8-4-5-9-29(28)33(35,36)24-12-16-26(17-13-24)37-27(21-41-32(37)40)20-22-6-2-1-3-7-22/h1-12,14-16,27H,13,17-21H2/t27-,33?/m0/s1. The van der Waals surface area contributed by atoms with Crippen molar-refractivity contribution in [3.8, 4) is 0 Å².